The predicted octanol–water partition coefficient (Wildman–Crippen LogP) is -0.123. The maximum absolute atomic E-state index is 12.2. The molecular weight excluding hydrogens is 274 g/mol. The number of ketones is 1. The minimum atomic E-state index is -0.912. The monoisotopic (exact) mass is 299 g/mol. The molecule has 120 valence electrons. The Bertz CT molecular complexity index is 407. The van der Waals surface area contributed by atoms with Crippen molar-refractivity contribution < 1.29 is 19.2 Å². The summed E-state index contributed by atoms with van der Waals surface area (Å²) in [5.74, 6) is -1.38. The Kier molecular flexibility index (Phi) is 8.26. The first-order valence-corrected chi connectivity index (χ1v) is 6.99. The summed E-state index contributed by atoms with van der Waals surface area (Å²) in [4.78, 5) is 45.6. The van der Waals surface area contributed by atoms with E-state index in [-0.39, 0.29) is 30.4 Å². The lowest BCUT2D eigenvalue weighted by atomic mass is 10.0. The summed E-state index contributed by atoms with van der Waals surface area (Å²) >= 11 is 0. The van der Waals surface area contributed by atoms with Gasteiger partial charge in [0.15, 0.2) is 0 Å². The van der Waals surface area contributed by atoms with E-state index in [1.807, 2.05) is 13.8 Å². The number of Topliss-reactive ketones (excluding diaryl/α,β-unsaturated/α-hetero) is 1. The summed E-state index contributed by atoms with van der Waals surface area (Å²) in [6.07, 6.45) is 0.761. The molecular formula is C14H25N3O4. The summed E-state index contributed by atoms with van der Waals surface area (Å²) < 4.78 is 0. The quantitative estimate of drug-likeness (QED) is 0.550. The van der Waals surface area contributed by atoms with Crippen LogP contribution in [-0.2, 0) is 19.2 Å². The Labute approximate surface area is 125 Å². The van der Waals surface area contributed by atoms with E-state index in [1.165, 1.54) is 13.8 Å². The molecule has 21 heavy (non-hydrogen) atoms. The fourth-order valence-corrected chi connectivity index (χ4v) is 1.85. The molecule has 0 rings (SSSR count). The van der Waals surface area contributed by atoms with E-state index in [2.05, 4.69) is 10.6 Å². The Hall–Kier alpha value is -1.92. The molecule has 7 heteroatoms. The van der Waals surface area contributed by atoms with Crippen molar-refractivity contribution in [3.8, 4) is 0 Å². The van der Waals surface area contributed by atoms with Crippen LogP contribution >= 0.6 is 0 Å². The SMILES string of the molecule is CC(=O)CC[C@@H](NC(=O)[C@H](CC(C)C)NC(C)=O)C(N)=O. The van der Waals surface area contributed by atoms with Crippen molar-refractivity contribution >= 4 is 23.5 Å². The molecule has 0 heterocycles. The molecule has 0 aliphatic carbocycles. The minimum absolute atomic E-state index is 0.0870. The van der Waals surface area contributed by atoms with Crippen molar-refractivity contribution in [2.45, 2.75) is 59.0 Å². The van der Waals surface area contributed by atoms with E-state index in [9.17, 15) is 19.2 Å². The van der Waals surface area contributed by atoms with Gasteiger partial charge < -0.3 is 21.2 Å². The van der Waals surface area contributed by atoms with Gasteiger partial charge >= 0.3 is 0 Å². The fourth-order valence-electron chi connectivity index (χ4n) is 1.85. The maximum atomic E-state index is 12.2. The fraction of sp³-hybridized carbons (Fsp3) is 0.714. The number of rotatable bonds is 9. The van der Waals surface area contributed by atoms with Crippen LogP contribution in [0.5, 0.6) is 0 Å². The van der Waals surface area contributed by atoms with Crippen LogP contribution in [0, 0.1) is 5.92 Å². The van der Waals surface area contributed by atoms with Gasteiger partial charge in [-0.25, -0.2) is 0 Å². The second kappa shape index (κ2) is 9.10. The van der Waals surface area contributed by atoms with Gasteiger partial charge in [-0.2, -0.15) is 0 Å². The molecule has 0 saturated heterocycles. The number of nitrogens with one attached hydrogen (secondary N) is 2. The highest BCUT2D eigenvalue weighted by molar-refractivity contribution is 5.91. The van der Waals surface area contributed by atoms with Crippen LogP contribution in [0.15, 0.2) is 0 Å². The summed E-state index contributed by atoms with van der Waals surface area (Å²) in [5.41, 5.74) is 5.22. The number of primary amides is 1. The lowest BCUT2D eigenvalue weighted by Gasteiger charge is -2.22. The number of carbonyl (C=O) groups excluding carboxylic acids is 4. The molecule has 0 bridgehead atoms. The Morgan fingerprint density at radius 3 is 1.95 bits per heavy atom. The zero-order valence-electron chi connectivity index (χ0n) is 13.1. The molecule has 0 fully saturated rings. The van der Waals surface area contributed by atoms with Crippen molar-refractivity contribution in [2.24, 2.45) is 11.7 Å². The van der Waals surface area contributed by atoms with Crippen LogP contribution in [0.1, 0.15) is 47.0 Å². The second-order valence-electron chi connectivity index (χ2n) is 5.59. The van der Waals surface area contributed by atoms with E-state index in [1.54, 1.807) is 0 Å². The highest BCUT2D eigenvalue weighted by Gasteiger charge is 2.25. The standard InChI is InChI=1S/C14H25N3O4/c1-8(2)7-12(16-10(4)19)14(21)17-11(13(15)20)6-5-9(3)18/h8,11-12H,5-7H2,1-4H3,(H2,15,20)(H,16,19)(H,17,21)/t11-,12+/m1/s1. The molecule has 0 spiro atoms. The van der Waals surface area contributed by atoms with E-state index >= 15 is 0 Å². The highest BCUT2D eigenvalue weighted by atomic mass is 16.2. The van der Waals surface area contributed by atoms with E-state index in [4.69, 9.17) is 5.73 Å². The van der Waals surface area contributed by atoms with E-state index in [0.717, 1.165) is 0 Å². The largest absolute Gasteiger partial charge is 0.368 e. The van der Waals surface area contributed by atoms with Gasteiger partial charge in [0.25, 0.3) is 0 Å². The zero-order valence-corrected chi connectivity index (χ0v) is 13.1. The normalized spacial score (nSPS) is 13.4. The van der Waals surface area contributed by atoms with Crippen molar-refractivity contribution in [1.29, 1.82) is 0 Å². The van der Waals surface area contributed by atoms with Crippen LogP contribution in [0.3, 0.4) is 0 Å². The van der Waals surface area contributed by atoms with Gasteiger partial charge in [-0.05, 0) is 25.7 Å². The Balaban J connectivity index is 4.76. The average molecular weight is 299 g/mol. The molecule has 0 aliphatic rings. The van der Waals surface area contributed by atoms with Crippen molar-refractivity contribution in [2.75, 3.05) is 0 Å². The van der Waals surface area contributed by atoms with Gasteiger partial charge in [0.05, 0.1) is 0 Å². The van der Waals surface area contributed by atoms with Gasteiger partial charge in [0, 0.05) is 13.3 Å². The zero-order chi connectivity index (χ0) is 16.6. The van der Waals surface area contributed by atoms with Gasteiger partial charge in [-0.1, -0.05) is 13.8 Å². The number of nitrogens with two attached hydrogens (primary N) is 1. The number of hydrogen-bond donors (Lipinski definition) is 3. The Morgan fingerprint density at radius 2 is 1.57 bits per heavy atom. The third-order valence-electron chi connectivity index (χ3n) is 2.85. The predicted molar refractivity (Wildman–Crippen MR) is 78.1 cm³/mol. The van der Waals surface area contributed by atoms with Crippen LogP contribution < -0.4 is 16.4 Å². The van der Waals surface area contributed by atoms with Crippen molar-refractivity contribution in [3.05, 3.63) is 0 Å². The first-order valence-electron chi connectivity index (χ1n) is 6.99. The molecule has 0 saturated carbocycles. The molecule has 3 amide bonds. The number of carbonyl (C=O) groups is 4. The van der Waals surface area contributed by atoms with Gasteiger partial charge in [-0.15, -0.1) is 0 Å². The molecule has 0 radical (unpaired) electrons. The van der Waals surface area contributed by atoms with Gasteiger partial charge in [-0.3, -0.25) is 14.4 Å². The smallest absolute Gasteiger partial charge is 0.243 e. The van der Waals surface area contributed by atoms with E-state index < -0.39 is 23.9 Å². The molecule has 0 unspecified atom stereocenters. The molecule has 4 N–H and O–H groups in total. The highest BCUT2D eigenvalue weighted by Crippen LogP contribution is 2.06. The lowest BCUT2D eigenvalue weighted by molar-refractivity contribution is -0.131. The van der Waals surface area contributed by atoms with Gasteiger partial charge in [0.1, 0.15) is 17.9 Å². The molecule has 0 aromatic rings. The average Bonchev–Trinajstić information content (AvgIpc) is 2.31. The maximum Gasteiger partial charge on any atom is 0.243 e. The topological polar surface area (TPSA) is 118 Å². The number of hydrogen-bond acceptors (Lipinski definition) is 4. The minimum Gasteiger partial charge on any atom is -0.368 e. The summed E-state index contributed by atoms with van der Waals surface area (Å²) in [6.45, 7) is 6.56. The second-order valence-corrected chi connectivity index (χ2v) is 5.59. The Morgan fingerprint density at radius 1 is 1.00 bits per heavy atom. The molecule has 0 aromatic carbocycles. The third kappa shape index (κ3) is 8.78. The first-order chi connectivity index (χ1) is 9.63. The van der Waals surface area contributed by atoms with Gasteiger partial charge in [0.2, 0.25) is 17.7 Å². The first kappa shape index (κ1) is 19.1. The summed E-state index contributed by atoms with van der Waals surface area (Å²) in [5, 5.41) is 5.05. The molecule has 0 aromatic heterocycles. The summed E-state index contributed by atoms with van der Waals surface area (Å²) in [7, 11) is 0. The van der Waals surface area contributed by atoms with Crippen molar-refractivity contribution in [1.82, 2.24) is 10.6 Å². The molecule has 2 atom stereocenters. The summed E-state index contributed by atoms with van der Waals surface area (Å²) in [6, 6.07) is -1.63. The van der Waals surface area contributed by atoms with Crippen LogP contribution in [0.4, 0.5) is 0 Å². The van der Waals surface area contributed by atoms with Crippen LogP contribution in [0.25, 0.3) is 0 Å². The lowest BCUT2D eigenvalue weighted by Crippen LogP contribution is -2.53. The molecule has 0 aliphatic heterocycles. The van der Waals surface area contributed by atoms with E-state index in [0.29, 0.717) is 6.42 Å². The van der Waals surface area contributed by atoms with Crippen LogP contribution in [-0.4, -0.2) is 35.6 Å². The van der Waals surface area contributed by atoms with Crippen LogP contribution in [0.2, 0.25) is 0 Å². The van der Waals surface area contributed by atoms with Crippen molar-refractivity contribution in [3.63, 3.8) is 0 Å². The molecule has 7 nitrogen and oxygen atoms in total. The third-order valence-corrected chi connectivity index (χ3v) is 2.85. The number of amides is 3.